The van der Waals surface area contributed by atoms with Gasteiger partial charge in [0.25, 0.3) is 0 Å². The molecule has 0 saturated carbocycles. The van der Waals surface area contributed by atoms with Gasteiger partial charge in [-0.25, -0.2) is 4.98 Å². The Balaban J connectivity index is 2.60. The number of esters is 1. The molecule has 17 heavy (non-hydrogen) atoms. The van der Waals surface area contributed by atoms with Gasteiger partial charge in [-0.3, -0.25) is 9.48 Å². The fraction of sp³-hybridized carbons (Fsp3) is 0.500. The molecule has 0 N–H and O–H groups in total. The molecule has 0 bridgehead atoms. The van der Waals surface area contributed by atoms with Crippen LogP contribution in [0, 0.1) is 6.92 Å². The normalized spacial score (nSPS) is 11.1. The van der Waals surface area contributed by atoms with Crippen molar-refractivity contribution in [3.05, 3.63) is 11.5 Å². The average molecular weight is 257 g/mol. The molecule has 0 radical (unpaired) electrons. The number of aromatic nitrogens is 4. The number of imidazole rings is 1. The maximum absolute atomic E-state index is 11.4. The van der Waals surface area contributed by atoms with Crippen molar-refractivity contribution >= 4 is 28.7 Å². The number of alkyl halides is 1. The predicted octanol–water partition coefficient (Wildman–Crippen LogP) is 0.990. The van der Waals surface area contributed by atoms with E-state index >= 15 is 0 Å². The summed E-state index contributed by atoms with van der Waals surface area (Å²) < 4.78 is 8.08. The van der Waals surface area contributed by atoms with Gasteiger partial charge in [-0.2, -0.15) is 5.10 Å². The third-order valence-corrected chi connectivity index (χ3v) is 2.84. The van der Waals surface area contributed by atoms with E-state index in [9.17, 15) is 4.79 Å². The predicted molar refractivity (Wildman–Crippen MR) is 62.8 cm³/mol. The van der Waals surface area contributed by atoms with Crippen molar-refractivity contribution < 1.29 is 9.53 Å². The molecule has 2 aromatic heterocycles. The second-order valence-corrected chi connectivity index (χ2v) is 3.97. The lowest BCUT2D eigenvalue weighted by molar-refractivity contribution is -0.141. The number of hydrogen-bond donors (Lipinski definition) is 0. The van der Waals surface area contributed by atoms with Crippen molar-refractivity contribution in [1.82, 2.24) is 19.3 Å². The summed E-state index contributed by atoms with van der Waals surface area (Å²) in [6.07, 6.45) is 0. The molecule has 0 aliphatic rings. The number of hydrogen-bond acceptors (Lipinski definition) is 4. The van der Waals surface area contributed by atoms with E-state index in [2.05, 4.69) is 14.8 Å². The van der Waals surface area contributed by atoms with E-state index in [0.717, 1.165) is 16.9 Å². The Labute approximate surface area is 103 Å². The standard InChI is InChI=1S/C10H13ClN4O2/c1-6-9-10(14(2)13-6)15(5-8(16)17-3)7(4-11)12-9/h4-5H2,1-3H3. The second-order valence-electron chi connectivity index (χ2n) is 3.71. The number of carbonyl (C=O) groups excluding carboxylic acids is 1. The van der Waals surface area contributed by atoms with Crippen LogP contribution in [0.25, 0.3) is 11.2 Å². The van der Waals surface area contributed by atoms with Crippen LogP contribution in [0.4, 0.5) is 0 Å². The van der Waals surface area contributed by atoms with Crippen LogP contribution in [-0.2, 0) is 29.0 Å². The van der Waals surface area contributed by atoms with Crippen LogP contribution in [0.5, 0.6) is 0 Å². The molecule has 0 amide bonds. The smallest absolute Gasteiger partial charge is 0.325 e. The Hall–Kier alpha value is -1.56. The molecule has 0 aliphatic carbocycles. The Morgan fingerprint density at radius 2 is 2.24 bits per heavy atom. The zero-order valence-electron chi connectivity index (χ0n) is 9.90. The van der Waals surface area contributed by atoms with Gasteiger partial charge < -0.3 is 9.30 Å². The average Bonchev–Trinajstić information content (AvgIpc) is 2.79. The molecular weight excluding hydrogens is 244 g/mol. The molecule has 0 aliphatic heterocycles. The highest BCUT2D eigenvalue weighted by atomic mass is 35.5. The lowest BCUT2D eigenvalue weighted by Gasteiger charge is -2.06. The zero-order valence-corrected chi connectivity index (χ0v) is 10.7. The summed E-state index contributed by atoms with van der Waals surface area (Å²) in [7, 11) is 3.16. The highest BCUT2D eigenvalue weighted by Crippen LogP contribution is 2.20. The zero-order chi connectivity index (χ0) is 12.6. The third-order valence-electron chi connectivity index (χ3n) is 2.60. The number of fused-ring (bicyclic) bond motifs is 1. The molecule has 0 fully saturated rings. The van der Waals surface area contributed by atoms with Crippen molar-refractivity contribution in [2.75, 3.05) is 7.11 Å². The summed E-state index contributed by atoms with van der Waals surface area (Å²) in [4.78, 5) is 15.7. The van der Waals surface area contributed by atoms with Crippen molar-refractivity contribution in [1.29, 1.82) is 0 Å². The first-order chi connectivity index (χ1) is 8.08. The molecule has 2 aromatic rings. The molecule has 7 heteroatoms. The van der Waals surface area contributed by atoms with Gasteiger partial charge in [0.2, 0.25) is 0 Å². The summed E-state index contributed by atoms with van der Waals surface area (Å²) in [5.41, 5.74) is 2.37. The molecular formula is C10H13ClN4O2. The molecule has 92 valence electrons. The second kappa shape index (κ2) is 4.37. The van der Waals surface area contributed by atoms with E-state index in [-0.39, 0.29) is 18.4 Å². The highest BCUT2D eigenvalue weighted by Gasteiger charge is 2.18. The van der Waals surface area contributed by atoms with Gasteiger partial charge in [-0.1, -0.05) is 0 Å². The van der Waals surface area contributed by atoms with Gasteiger partial charge in [0.15, 0.2) is 5.65 Å². The van der Waals surface area contributed by atoms with Crippen molar-refractivity contribution in [3.8, 4) is 0 Å². The van der Waals surface area contributed by atoms with Crippen LogP contribution in [0.15, 0.2) is 0 Å². The highest BCUT2D eigenvalue weighted by molar-refractivity contribution is 6.16. The van der Waals surface area contributed by atoms with Gasteiger partial charge >= 0.3 is 5.97 Å². The number of carbonyl (C=O) groups is 1. The SMILES string of the molecule is COC(=O)Cn1c(CCl)nc2c(C)nn(C)c21. The van der Waals surface area contributed by atoms with Crippen molar-refractivity contribution in [2.45, 2.75) is 19.3 Å². The van der Waals surface area contributed by atoms with E-state index < -0.39 is 0 Å². The molecule has 6 nitrogen and oxygen atoms in total. The lowest BCUT2D eigenvalue weighted by Crippen LogP contribution is -2.15. The first-order valence-electron chi connectivity index (χ1n) is 5.10. The van der Waals surface area contributed by atoms with Gasteiger partial charge in [-0.15, -0.1) is 11.6 Å². The van der Waals surface area contributed by atoms with E-state index in [1.807, 2.05) is 14.0 Å². The van der Waals surface area contributed by atoms with Crippen LogP contribution in [-0.4, -0.2) is 32.4 Å². The van der Waals surface area contributed by atoms with Gasteiger partial charge in [-0.05, 0) is 6.92 Å². The minimum Gasteiger partial charge on any atom is -0.468 e. The van der Waals surface area contributed by atoms with E-state index in [0.29, 0.717) is 5.82 Å². The van der Waals surface area contributed by atoms with Crippen molar-refractivity contribution in [3.63, 3.8) is 0 Å². The number of aryl methyl sites for hydroxylation is 2. The Kier molecular flexibility index (Phi) is 3.06. The molecule has 0 aromatic carbocycles. The van der Waals surface area contributed by atoms with E-state index in [1.54, 1.807) is 9.25 Å². The quantitative estimate of drug-likeness (QED) is 0.607. The number of methoxy groups -OCH3 is 1. The minimum atomic E-state index is -0.338. The van der Waals surface area contributed by atoms with Gasteiger partial charge in [0.05, 0.1) is 18.7 Å². The molecule has 2 rings (SSSR count). The molecule has 0 spiro atoms. The summed E-state index contributed by atoms with van der Waals surface area (Å²) in [5.74, 6) is 0.545. The van der Waals surface area contributed by atoms with Crippen LogP contribution in [0.3, 0.4) is 0 Å². The van der Waals surface area contributed by atoms with Crippen LogP contribution >= 0.6 is 11.6 Å². The fourth-order valence-electron chi connectivity index (χ4n) is 1.84. The Morgan fingerprint density at radius 3 is 2.82 bits per heavy atom. The maximum atomic E-state index is 11.4. The maximum Gasteiger partial charge on any atom is 0.325 e. The Bertz CT molecular complexity index is 572. The number of nitrogens with zero attached hydrogens (tertiary/aromatic N) is 4. The van der Waals surface area contributed by atoms with Crippen LogP contribution in [0.2, 0.25) is 0 Å². The minimum absolute atomic E-state index is 0.0913. The van der Waals surface area contributed by atoms with E-state index in [4.69, 9.17) is 11.6 Å². The van der Waals surface area contributed by atoms with Crippen LogP contribution < -0.4 is 0 Å². The number of rotatable bonds is 3. The van der Waals surface area contributed by atoms with Crippen molar-refractivity contribution in [2.24, 2.45) is 7.05 Å². The summed E-state index contributed by atoms with van der Waals surface area (Å²) in [6.45, 7) is 1.96. The Morgan fingerprint density at radius 1 is 1.53 bits per heavy atom. The number of halogens is 1. The monoisotopic (exact) mass is 256 g/mol. The largest absolute Gasteiger partial charge is 0.468 e. The fourth-order valence-corrected chi connectivity index (χ4v) is 2.05. The summed E-state index contributed by atoms with van der Waals surface area (Å²) >= 11 is 5.83. The first kappa shape index (κ1) is 11.9. The van der Waals surface area contributed by atoms with Gasteiger partial charge in [0, 0.05) is 7.05 Å². The molecule has 2 heterocycles. The first-order valence-corrected chi connectivity index (χ1v) is 5.63. The van der Waals surface area contributed by atoms with Crippen LogP contribution in [0.1, 0.15) is 11.5 Å². The molecule has 0 atom stereocenters. The number of ether oxygens (including phenoxy) is 1. The third kappa shape index (κ3) is 1.88. The van der Waals surface area contributed by atoms with E-state index in [1.165, 1.54) is 7.11 Å². The summed E-state index contributed by atoms with van der Waals surface area (Å²) in [6, 6.07) is 0. The molecule has 0 saturated heterocycles. The topological polar surface area (TPSA) is 61.9 Å². The summed E-state index contributed by atoms with van der Waals surface area (Å²) in [5, 5.41) is 4.26. The van der Waals surface area contributed by atoms with Gasteiger partial charge in [0.1, 0.15) is 17.9 Å². The lowest BCUT2D eigenvalue weighted by atomic mass is 10.4. The molecule has 0 unspecified atom stereocenters.